The third-order valence-corrected chi connectivity index (χ3v) is 3.98. The van der Waals surface area contributed by atoms with Crippen molar-refractivity contribution < 1.29 is 13.2 Å². The van der Waals surface area contributed by atoms with E-state index < -0.39 is 18.3 Å². The predicted molar refractivity (Wildman–Crippen MR) is 69.6 cm³/mol. The van der Waals surface area contributed by atoms with Crippen LogP contribution in [0.2, 0.25) is 10.0 Å². The van der Waals surface area contributed by atoms with Crippen LogP contribution in [0.5, 0.6) is 0 Å². The predicted octanol–water partition coefficient (Wildman–Crippen LogP) is 3.34. The van der Waals surface area contributed by atoms with Gasteiger partial charge >= 0.3 is 0 Å². The van der Waals surface area contributed by atoms with E-state index in [0.717, 1.165) is 6.07 Å². The van der Waals surface area contributed by atoms with Crippen LogP contribution in [-0.2, 0) is 0 Å². The third-order valence-electron chi connectivity index (χ3n) is 3.16. The molecule has 0 unspecified atom stereocenters. The van der Waals surface area contributed by atoms with Crippen molar-refractivity contribution in [3.8, 4) is 0 Å². The highest BCUT2D eigenvalue weighted by molar-refractivity contribution is 6.42. The fourth-order valence-electron chi connectivity index (χ4n) is 2.24. The van der Waals surface area contributed by atoms with Gasteiger partial charge < -0.3 is 5.32 Å². The van der Waals surface area contributed by atoms with Crippen molar-refractivity contribution in [3.05, 3.63) is 33.6 Å². The molecule has 7 heteroatoms. The van der Waals surface area contributed by atoms with Gasteiger partial charge in [0.15, 0.2) is 0 Å². The van der Waals surface area contributed by atoms with E-state index in [2.05, 4.69) is 5.32 Å². The molecular weight excluding hydrogens is 300 g/mol. The molecule has 1 atom stereocenters. The number of nitrogens with one attached hydrogen (secondary N) is 1. The summed E-state index contributed by atoms with van der Waals surface area (Å²) >= 11 is 11.7. The average molecular weight is 313 g/mol. The highest BCUT2D eigenvalue weighted by Gasteiger charge is 2.34. The molecule has 1 N–H and O–H groups in total. The molecule has 19 heavy (non-hydrogen) atoms. The van der Waals surface area contributed by atoms with Crippen LogP contribution < -0.4 is 5.32 Å². The lowest BCUT2D eigenvalue weighted by Crippen LogP contribution is -2.47. The lowest BCUT2D eigenvalue weighted by Gasteiger charge is -2.35. The van der Waals surface area contributed by atoms with Gasteiger partial charge in [0.1, 0.15) is 11.9 Å². The van der Waals surface area contributed by atoms with Crippen molar-refractivity contribution in [2.24, 2.45) is 0 Å². The Kier molecular flexibility index (Phi) is 4.95. The van der Waals surface area contributed by atoms with Gasteiger partial charge in [0.25, 0.3) is 6.43 Å². The minimum atomic E-state index is -2.73. The summed E-state index contributed by atoms with van der Waals surface area (Å²) < 4.78 is 40.5. The van der Waals surface area contributed by atoms with Crippen LogP contribution in [0.4, 0.5) is 13.2 Å². The maximum absolute atomic E-state index is 13.9. The Labute approximate surface area is 119 Å². The van der Waals surface area contributed by atoms with E-state index >= 15 is 0 Å². The molecule has 0 radical (unpaired) electrons. The molecule has 1 aromatic carbocycles. The van der Waals surface area contributed by atoms with Crippen LogP contribution in [0.3, 0.4) is 0 Å². The minimum absolute atomic E-state index is 0.0823. The molecule has 1 aliphatic heterocycles. The van der Waals surface area contributed by atoms with E-state index in [1.807, 2.05) is 0 Å². The molecule has 1 fully saturated rings. The lowest BCUT2D eigenvalue weighted by atomic mass is 10.0. The SMILES string of the molecule is Fc1ccc(Cl)c(Cl)c1[C@H](C(F)F)N1CCNCC1. The van der Waals surface area contributed by atoms with Gasteiger partial charge in [-0.1, -0.05) is 23.2 Å². The van der Waals surface area contributed by atoms with E-state index in [4.69, 9.17) is 23.2 Å². The highest BCUT2D eigenvalue weighted by atomic mass is 35.5. The molecule has 0 aromatic heterocycles. The summed E-state index contributed by atoms with van der Waals surface area (Å²) in [5.41, 5.74) is -0.217. The van der Waals surface area contributed by atoms with Gasteiger partial charge in [-0.3, -0.25) is 4.90 Å². The number of halogens is 5. The van der Waals surface area contributed by atoms with Gasteiger partial charge in [0, 0.05) is 31.7 Å². The summed E-state index contributed by atoms with van der Waals surface area (Å²) in [5, 5.41) is 3.01. The van der Waals surface area contributed by atoms with E-state index in [1.54, 1.807) is 0 Å². The molecule has 1 aliphatic rings. The van der Waals surface area contributed by atoms with E-state index in [1.165, 1.54) is 11.0 Å². The first-order valence-electron chi connectivity index (χ1n) is 5.88. The second-order valence-electron chi connectivity index (χ2n) is 4.32. The zero-order valence-corrected chi connectivity index (χ0v) is 11.5. The van der Waals surface area contributed by atoms with E-state index in [-0.39, 0.29) is 15.6 Å². The van der Waals surface area contributed by atoms with Gasteiger partial charge in [-0.05, 0) is 12.1 Å². The van der Waals surface area contributed by atoms with Gasteiger partial charge in [-0.2, -0.15) is 0 Å². The van der Waals surface area contributed by atoms with Crippen LogP contribution in [0.15, 0.2) is 12.1 Å². The quantitative estimate of drug-likeness (QED) is 0.861. The molecule has 106 valence electrons. The molecule has 1 aromatic rings. The number of hydrogen-bond acceptors (Lipinski definition) is 2. The maximum Gasteiger partial charge on any atom is 0.258 e. The van der Waals surface area contributed by atoms with E-state index in [9.17, 15) is 13.2 Å². The van der Waals surface area contributed by atoms with Crippen LogP contribution in [0, 0.1) is 5.82 Å². The van der Waals surface area contributed by atoms with Crippen molar-refractivity contribution >= 4 is 23.2 Å². The fourth-order valence-corrected chi connectivity index (χ4v) is 2.67. The lowest BCUT2D eigenvalue weighted by molar-refractivity contribution is 0.0164. The van der Waals surface area contributed by atoms with Crippen LogP contribution in [0.25, 0.3) is 0 Å². The minimum Gasteiger partial charge on any atom is -0.314 e. The average Bonchev–Trinajstić information content (AvgIpc) is 2.39. The Morgan fingerprint density at radius 1 is 1.16 bits per heavy atom. The highest BCUT2D eigenvalue weighted by Crippen LogP contribution is 2.38. The van der Waals surface area contributed by atoms with Gasteiger partial charge in [-0.25, -0.2) is 13.2 Å². The Morgan fingerprint density at radius 2 is 1.79 bits per heavy atom. The van der Waals surface area contributed by atoms with Crippen molar-refractivity contribution in [1.29, 1.82) is 0 Å². The van der Waals surface area contributed by atoms with E-state index in [0.29, 0.717) is 26.2 Å². The number of benzene rings is 1. The monoisotopic (exact) mass is 312 g/mol. The summed E-state index contributed by atoms with van der Waals surface area (Å²) in [5.74, 6) is -0.752. The normalized spacial score (nSPS) is 18.8. The van der Waals surface area contributed by atoms with Crippen LogP contribution in [-0.4, -0.2) is 37.5 Å². The summed E-state index contributed by atoms with van der Waals surface area (Å²) in [6.07, 6.45) is -2.73. The third kappa shape index (κ3) is 3.16. The molecule has 0 spiro atoms. The second-order valence-corrected chi connectivity index (χ2v) is 5.11. The zero-order chi connectivity index (χ0) is 14.0. The Bertz CT molecular complexity index is 451. The molecule has 1 saturated heterocycles. The van der Waals surface area contributed by atoms with Crippen molar-refractivity contribution in [2.45, 2.75) is 12.5 Å². The van der Waals surface area contributed by atoms with Gasteiger partial charge in [0.2, 0.25) is 0 Å². The molecule has 2 rings (SSSR count). The molecule has 0 saturated carbocycles. The first kappa shape index (κ1) is 14.9. The summed E-state index contributed by atoms with van der Waals surface area (Å²) in [6, 6.07) is 0.970. The first-order chi connectivity index (χ1) is 9.02. The first-order valence-corrected chi connectivity index (χ1v) is 6.64. The number of hydrogen-bond donors (Lipinski definition) is 1. The molecule has 0 bridgehead atoms. The topological polar surface area (TPSA) is 15.3 Å². The Hall–Kier alpha value is -0.490. The molecular formula is C12H13Cl2F3N2. The maximum atomic E-state index is 13.9. The van der Waals surface area contributed by atoms with Crippen molar-refractivity contribution in [3.63, 3.8) is 0 Å². The Balaban J connectivity index is 2.41. The Morgan fingerprint density at radius 3 is 2.37 bits per heavy atom. The second kappa shape index (κ2) is 6.31. The number of nitrogens with zero attached hydrogens (tertiary/aromatic N) is 1. The molecule has 2 nitrogen and oxygen atoms in total. The summed E-state index contributed by atoms with van der Waals surface area (Å²) in [7, 11) is 0. The zero-order valence-electron chi connectivity index (χ0n) is 9.97. The molecule has 0 aliphatic carbocycles. The smallest absolute Gasteiger partial charge is 0.258 e. The largest absolute Gasteiger partial charge is 0.314 e. The number of piperazine rings is 1. The molecule has 0 amide bonds. The standard InChI is InChI=1S/C12H13Cl2F3N2/c13-7-1-2-8(15)9(10(7)14)11(12(16)17)19-5-3-18-4-6-19/h1-2,11-12,18H,3-6H2/t11-/m1/s1. The number of alkyl halides is 2. The van der Waals surface area contributed by atoms with Gasteiger partial charge in [0.05, 0.1) is 10.0 Å². The molecule has 1 heterocycles. The van der Waals surface area contributed by atoms with Crippen LogP contribution in [0.1, 0.15) is 11.6 Å². The fraction of sp³-hybridized carbons (Fsp3) is 0.500. The number of rotatable bonds is 3. The summed E-state index contributed by atoms with van der Waals surface area (Å²) in [6.45, 7) is 2.00. The van der Waals surface area contributed by atoms with Crippen molar-refractivity contribution in [2.75, 3.05) is 26.2 Å². The van der Waals surface area contributed by atoms with Gasteiger partial charge in [-0.15, -0.1) is 0 Å². The summed E-state index contributed by atoms with van der Waals surface area (Å²) in [4.78, 5) is 1.53. The van der Waals surface area contributed by atoms with Crippen molar-refractivity contribution in [1.82, 2.24) is 10.2 Å². The van der Waals surface area contributed by atoms with Crippen LogP contribution >= 0.6 is 23.2 Å².